The molecule has 2 rings (SSSR count). The molecule has 0 unspecified atom stereocenters. The zero-order valence-electron chi connectivity index (χ0n) is 12.4. The highest BCUT2D eigenvalue weighted by Crippen LogP contribution is 2.27. The number of benzene rings is 2. The number of carbonyl (C=O) groups is 1. The number of carbonyl (C=O) groups excluding carboxylic acids is 1. The fourth-order valence-corrected chi connectivity index (χ4v) is 1.84. The van der Waals surface area contributed by atoms with Crippen molar-refractivity contribution in [3.8, 4) is 17.2 Å². The maximum absolute atomic E-state index is 12.1. The van der Waals surface area contributed by atoms with Crippen molar-refractivity contribution in [2.45, 2.75) is 6.92 Å². The van der Waals surface area contributed by atoms with Crippen molar-refractivity contribution in [1.29, 1.82) is 0 Å². The summed E-state index contributed by atoms with van der Waals surface area (Å²) in [5.41, 5.74) is 1.75. The summed E-state index contributed by atoms with van der Waals surface area (Å²) in [6.07, 6.45) is 0. The first kappa shape index (κ1) is 14.9. The van der Waals surface area contributed by atoms with Gasteiger partial charge in [-0.15, -0.1) is 0 Å². The molecule has 2 aromatic rings. The summed E-state index contributed by atoms with van der Waals surface area (Å²) >= 11 is 0. The molecule has 0 fully saturated rings. The van der Waals surface area contributed by atoms with Gasteiger partial charge in [0.1, 0.15) is 17.2 Å². The van der Waals surface area contributed by atoms with Gasteiger partial charge in [0.05, 0.1) is 14.2 Å². The van der Waals surface area contributed by atoms with Crippen LogP contribution in [0.3, 0.4) is 0 Å². The molecule has 0 bridgehead atoms. The summed E-state index contributed by atoms with van der Waals surface area (Å²) in [6.45, 7) is 1.95. The van der Waals surface area contributed by atoms with Gasteiger partial charge in [0.2, 0.25) is 0 Å². The molecule has 0 radical (unpaired) electrons. The number of hydrogen-bond acceptors (Lipinski definition) is 4. The lowest BCUT2D eigenvalue weighted by Gasteiger charge is -2.10. The molecule has 0 heterocycles. The summed E-state index contributed by atoms with van der Waals surface area (Å²) in [7, 11) is 3.13. The second-order valence-corrected chi connectivity index (χ2v) is 4.63. The third kappa shape index (κ3) is 3.99. The monoisotopic (exact) mass is 286 g/mol. The highest BCUT2D eigenvalue weighted by molar-refractivity contribution is 5.97. The van der Waals surface area contributed by atoms with E-state index in [1.807, 2.05) is 19.1 Å². The van der Waals surface area contributed by atoms with Crippen LogP contribution in [-0.2, 0) is 0 Å². The van der Waals surface area contributed by atoms with Gasteiger partial charge < -0.3 is 14.2 Å². The molecule has 0 saturated carbocycles. The Morgan fingerprint density at radius 2 is 1.43 bits per heavy atom. The van der Waals surface area contributed by atoms with Crippen LogP contribution < -0.4 is 14.2 Å². The Balaban J connectivity index is 2.05. The van der Waals surface area contributed by atoms with Gasteiger partial charge in [0, 0.05) is 23.8 Å². The number of ether oxygens (including phenoxy) is 3. The molecule has 4 heteroatoms. The summed E-state index contributed by atoms with van der Waals surface area (Å²) < 4.78 is 15.8. The van der Waals surface area contributed by atoms with Gasteiger partial charge in [-0.2, -0.15) is 0 Å². The maximum Gasteiger partial charge on any atom is 0.200 e. The molecule has 0 aromatic heterocycles. The van der Waals surface area contributed by atoms with E-state index in [4.69, 9.17) is 14.2 Å². The van der Waals surface area contributed by atoms with Crippen LogP contribution in [0.5, 0.6) is 17.2 Å². The quantitative estimate of drug-likeness (QED) is 0.764. The minimum Gasteiger partial charge on any atom is -0.496 e. The molecule has 4 nitrogen and oxygen atoms in total. The van der Waals surface area contributed by atoms with E-state index in [-0.39, 0.29) is 12.4 Å². The molecule has 0 amide bonds. The predicted octanol–water partition coefficient (Wildman–Crippen LogP) is 3.27. The lowest BCUT2D eigenvalue weighted by Crippen LogP contribution is -2.11. The van der Waals surface area contributed by atoms with Crippen LogP contribution in [0, 0.1) is 6.92 Å². The zero-order valence-corrected chi connectivity index (χ0v) is 12.4. The summed E-state index contributed by atoms with van der Waals surface area (Å²) in [4.78, 5) is 12.1. The first-order valence-corrected chi connectivity index (χ1v) is 6.58. The number of hydrogen-bond donors (Lipinski definition) is 0. The van der Waals surface area contributed by atoms with Crippen LogP contribution in [0.1, 0.15) is 15.9 Å². The van der Waals surface area contributed by atoms with Crippen LogP contribution in [-0.4, -0.2) is 26.6 Å². The molecule has 110 valence electrons. The topological polar surface area (TPSA) is 44.8 Å². The molecule has 0 saturated heterocycles. The van der Waals surface area contributed by atoms with E-state index in [0.29, 0.717) is 22.8 Å². The van der Waals surface area contributed by atoms with E-state index < -0.39 is 0 Å². The smallest absolute Gasteiger partial charge is 0.200 e. The third-order valence-corrected chi connectivity index (χ3v) is 3.07. The second-order valence-electron chi connectivity index (χ2n) is 4.63. The highest BCUT2D eigenvalue weighted by Gasteiger charge is 2.08. The first-order chi connectivity index (χ1) is 10.1. The lowest BCUT2D eigenvalue weighted by molar-refractivity contribution is 0.0921. The summed E-state index contributed by atoms with van der Waals surface area (Å²) in [5, 5.41) is 0. The largest absolute Gasteiger partial charge is 0.496 e. The number of aryl methyl sites for hydroxylation is 1. The minimum absolute atomic E-state index is 0.0284. The molecule has 0 aliphatic rings. The van der Waals surface area contributed by atoms with Gasteiger partial charge in [-0.1, -0.05) is 29.8 Å². The second kappa shape index (κ2) is 6.79. The van der Waals surface area contributed by atoms with Crippen LogP contribution in [0.4, 0.5) is 0 Å². The Morgan fingerprint density at radius 3 is 1.95 bits per heavy atom. The van der Waals surface area contributed by atoms with Crippen LogP contribution in [0.25, 0.3) is 0 Å². The van der Waals surface area contributed by atoms with Crippen molar-refractivity contribution >= 4 is 5.78 Å². The lowest BCUT2D eigenvalue weighted by atomic mass is 10.1. The fraction of sp³-hybridized carbons (Fsp3) is 0.235. The van der Waals surface area contributed by atoms with Crippen molar-refractivity contribution < 1.29 is 19.0 Å². The average Bonchev–Trinajstić information content (AvgIpc) is 2.52. The Kier molecular flexibility index (Phi) is 4.82. The van der Waals surface area contributed by atoms with Gasteiger partial charge in [-0.25, -0.2) is 0 Å². The zero-order chi connectivity index (χ0) is 15.2. The molecule has 0 atom stereocenters. The van der Waals surface area contributed by atoms with Crippen LogP contribution >= 0.6 is 0 Å². The Morgan fingerprint density at radius 1 is 0.905 bits per heavy atom. The molecular weight excluding hydrogens is 268 g/mol. The van der Waals surface area contributed by atoms with Crippen molar-refractivity contribution in [3.05, 3.63) is 53.6 Å². The van der Waals surface area contributed by atoms with E-state index in [1.54, 1.807) is 44.6 Å². The van der Waals surface area contributed by atoms with Gasteiger partial charge in [-0.05, 0) is 6.92 Å². The van der Waals surface area contributed by atoms with E-state index in [9.17, 15) is 4.79 Å². The van der Waals surface area contributed by atoms with Gasteiger partial charge in [0.15, 0.2) is 12.4 Å². The molecule has 0 N–H and O–H groups in total. The SMILES string of the molecule is COc1cc(OC)cc(OCC(=O)c2ccc(C)cc2)c1. The van der Waals surface area contributed by atoms with Crippen LogP contribution in [0.2, 0.25) is 0 Å². The minimum atomic E-state index is -0.0724. The van der Waals surface area contributed by atoms with E-state index in [0.717, 1.165) is 5.56 Å². The predicted molar refractivity (Wildman–Crippen MR) is 80.6 cm³/mol. The molecular formula is C17H18O4. The van der Waals surface area contributed by atoms with E-state index in [2.05, 4.69) is 0 Å². The molecule has 0 aliphatic heterocycles. The standard InChI is InChI=1S/C17H18O4/c1-12-4-6-13(7-5-12)17(18)11-21-16-9-14(19-2)8-15(10-16)20-3/h4-10H,11H2,1-3H3. The van der Waals surface area contributed by atoms with Gasteiger partial charge >= 0.3 is 0 Å². The van der Waals surface area contributed by atoms with Crippen LogP contribution in [0.15, 0.2) is 42.5 Å². The van der Waals surface area contributed by atoms with Gasteiger partial charge in [0.25, 0.3) is 0 Å². The van der Waals surface area contributed by atoms with Crippen molar-refractivity contribution in [1.82, 2.24) is 0 Å². The fourth-order valence-electron chi connectivity index (χ4n) is 1.84. The van der Waals surface area contributed by atoms with E-state index >= 15 is 0 Å². The number of Topliss-reactive ketones (excluding diaryl/α,β-unsaturated/α-hetero) is 1. The number of rotatable bonds is 6. The maximum atomic E-state index is 12.1. The Bertz CT molecular complexity index is 595. The van der Waals surface area contributed by atoms with Crippen molar-refractivity contribution in [3.63, 3.8) is 0 Å². The highest BCUT2D eigenvalue weighted by atomic mass is 16.5. The third-order valence-electron chi connectivity index (χ3n) is 3.07. The normalized spacial score (nSPS) is 10.0. The number of ketones is 1. The Labute approximate surface area is 124 Å². The molecule has 0 spiro atoms. The number of methoxy groups -OCH3 is 2. The van der Waals surface area contributed by atoms with Crippen molar-refractivity contribution in [2.24, 2.45) is 0 Å². The first-order valence-electron chi connectivity index (χ1n) is 6.58. The summed E-state index contributed by atoms with van der Waals surface area (Å²) in [5.74, 6) is 1.70. The molecule has 21 heavy (non-hydrogen) atoms. The summed E-state index contributed by atoms with van der Waals surface area (Å²) in [6, 6.07) is 12.6. The Hall–Kier alpha value is -2.49. The molecule has 2 aromatic carbocycles. The molecule has 0 aliphatic carbocycles. The van der Waals surface area contributed by atoms with Gasteiger partial charge in [-0.3, -0.25) is 4.79 Å². The average molecular weight is 286 g/mol. The van der Waals surface area contributed by atoms with Crippen molar-refractivity contribution in [2.75, 3.05) is 20.8 Å². The van der Waals surface area contributed by atoms with E-state index in [1.165, 1.54) is 0 Å².